The Labute approximate surface area is 174 Å². The van der Waals surface area contributed by atoms with Gasteiger partial charge in [0.25, 0.3) is 11.7 Å². The fourth-order valence-corrected chi connectivity index (χ4v) is 3.49. The number of likely N-dealkylation sites (tertiary alicyclic amines) is 1. The lowest BCUT2D eigenvalue weighted by Crippen LogP contribution is -2.32. The standard InChI is InChI=1S/C22H23ClN2O4/c1-24(2)17-10-6-14(7-11-17)19-18(20(26)15-4-8-16(23)9-5-15)21(27)22(28)25(19)12-13-29-3/h4-11,19,26H,12-13H2,1-3H3/b20-18-. The summed E-state index contributed by atoms with van der Waals surface area (Å²) in [4.78, 5) is 29.0. The van der Waals surface area contributed by atoms with Crippen molar-refractivity contribution in [3.8, 4) is 0 Å². The molecule has 1 heterocycles. The first-order chi connectivity index (χ1) is 13.8. The van der Waals surface area contributed by atoms with E-state index < -0.39 is 17.7 Å². The third-order valence-electron chi connectivity index (χ3n) is 4.92. The lowest BCUT2D eigenvalue weighted by molar-refractivity contribution is -0.140. The summed E-state index contributed by atoms with van der Waals surface area (Å²) in [5.41, 5.74) is 2.21. The first-order valence-corrected chi connectivity index (χ1v) is 9.53. The summed E-state index contributed by atoms with van der Waals surface area (Å²) in [5, 5.41) is 11.4. The van der Waals surface area contributed by atoms with Crippen LogP contribution in [0.25, 0.3) is 5.76 Å². The smallest absolute Gasteiger partial charge is 0.295 e. The van der Waals surface area contributed by atoms with Gasteiger partial charge < -0.3 is 19.6 Å². The molecule has 152 valence electrons. The van der Waals surface area contributed by atoms with Crippen LogP contribution >= 0.6 is 11.6 Å². The molecule has 1 aliphatic heterocycles. The number of rotatable bonds is 6. The predicted molar refractivity (Wildman–Crippen MR) is 113 cm³/mol. The van der Waals surface area contributed by atoms with Crippen molar-refractivity contribution in [1.29, 1.82) is 0 Å². The third-order valence-corrected chi connectivity index (χ3v) is 5.17. The van der Waals surface area contributed by atoms with Crippen LogP contribution < -0.4 is 4.90 Å². The number of Topliss-reactive ketones (excluding diaryl/α,β-unsaturated/α-hetero) is 1. The van der Waals surface area contributed by atoms with Crippen molar-refractivity contribution in [2.45, 2.75) is 6.04 Å². The number of benzene rings is 2. The maximum Gasteiger partial charge on any atom is 0.295 e. The molecule has 0 bridgehead atoms. The van der Waals surface area contributed by atoms with Gasteiger partial charge in [-0.3, -0.25) is 9.59 Å². The van der Waals surface area contributed by atoms with E-state index in [0.717, 1.165) is 11.3 Å². The van der Waals surface area contributed by atoms with Gasteiger partial charge in [-0.2, -0.15) is 0 Å². The number of hydrogen-bond acceptors (Lipinski definition) is 5. The van der Waals surface area contributed by atoms with E-state index in [1.807, 2.05) is 43.3 Å². The molecular formula is C22H23ClN2O4. The van der Waals surface area contributed by atoms with Gasteiger partial charge in [-0.15, -0.1) is 0 Å². The average Bonchev–Trinajstić information content (AvgIpc) is 2.97. The molecule has 29 heavy (non-hydrogen) atoms. The zero-order valence-corrected chi connectivity index (χ0v) is 17.3. The maximum absolute atomic E-state index is 12.8. The number of hydrogen-bond donors (Lipinski definition) is 1. The summed E-state index contributed by atoms with van der Waals surface area (Å²) in [7, 11) is 5.39. The van der Waals surface area contributed by atoms with Crippen molar-refractivity contribution in [3.05, 3.63) is 70.3 Å². The van der Waals surface area contributed by atoms with Crippen LogP contribution in [-0.4, -0.2) is 56.1 Å². The average molecular weight is 415 g/mol. The number of halogens is 1. The fraction of sp³-hybridized carbons (Fsp3) is 0.273. The Morgan fingerprint density at radius 1 is 1.10 bits per heavy atom. The Hall–Kier alpha value is -2.83. The van der Waals surface area contributed by atoms with Crippen molar-refractivity contribution in [2.24, 2.45) is 0 Å². The van der Waals surface area contributed by atoms with Gasteiger partial charge in [-0.25, -0.2) is 0 Å². The minimum atomic E-state index is -0.713. The van der Waals surface area contributed by atoms with Crippen molar-refractivity contribution in [3.63, 3.8) is 0 Å². The molecule has 1 unspecified atom stereocenters. The van der Waals surface area contributed by atoms with E-state index in [1.54, 1.807) is 24.3 Å². The Morgan fingerprint density at radius 2 is 1.72 bits per heavy atom. The number of ether oxygens (including phenoxy) is 1. The van der Waals surface area contributed by atoms with Gasteiger partial charge in [0.2, 0.25) is 0 Å². The van der Waals surface area contributed by atoms with Gasteiger partial charge in [0.15, 0.2) is 0 Å². The number of aliphatic hydroxyl groups is 1. The van der Waals surface area contributed by atoms with Crippen molar-refractivity contribution >= 4 is 34.7 Å². The lowest BCUT2D eigenvalue weighted by Gasteiger charge is -2.25. The van der Waals surface area contributed by atoms with E-state index in [4.69, 9.17) is 16.3 Å². The summed E-state index contributed by atoms with van der Waals surface area (Å²) < 4.78 is 5.11. The summed E-state index contributed by atoms with van der Waals surface area (Å²) in [5.74, 6) is -1.59. The molecular weight excluding hydrogens is 392 g/mol. The molecule has 0 aromatic heterocycles. The van der Waals surface area contributed by atoms with Crippen LogP contribution in [0, 0.1) is 0 Å². The zero-order valence-electron chi connectivity index (χ0n) is 16.6. The van der Waals surface area contributed by atoms with Gasteiger partial charge >= 0.3 is 0 Å². The SMILES string of the molecule is COCCN1C(=O)C(=O)/C(=C(\O)c2ccc(Cl)cc2)C1c1ccc(N(C)C)cc1. The topological polar surface area (TPSA) is 70.1 Å². The molecule has 7 heteroatoms. The zero-order chi connectivity index (χ0) is 21.1. The molecule has 1 N–H and O–H groups in total. The van der Waals surface area contributed by atoms with Crippen LogP contribution in [-0.2, 0) is 14.3 Å². The van der Waals surface area contributed by atoms with Crippen LogP contribution in [0.4, 0.5) is 5.69 Å². The number of nitrogens with zero attached hydrogens (tertiary/aromatic N) is 2. The fourth-order valence-electron chi connectivity index (χ4n) is 3.36. The van der Waals surface area contributed by atoms with Gasteiger partial charge in [-0.05, 0) is 42.0 Å². The Kier molecular flexibility index (Phi) is 6.25. The maximum atomic E-state index is 12.8. The van der Waals surface area contributed by atoms with Gasteiger partial charge in [-0.1, -0.05) is 23.7 Å². The van der Waals surface area contributed by atoms with E-state index in [2.05, 4.69) is 0 Å². The predicted octanol–water partition coefficient (Wildman–Crippen LogP) is 3.47. The Morgan fingerprint density at radius 3 is 2.28 bits per heavy atom. The summed E-state index contributed by atoms with van der Waals surface area (Å²) in [6.07, 6.45) is 0. The van der Waals surface area contributed by atoms with Gasteiger partial charge in [0.05, 0.1) is 18.2 Å². The molecule has 0 spiro atoms. The lowest BCUT2D eigenvalue weighted by atomic mass is 9.95. The molecule has 3 rings (SSSR count). The quantitative estimate of drug-likeness (QED) is 0.445. The van der Waals surface area contributed by atoms with Gasteiger partial charge in [0.1, 0.15) is 5.76 Å². The van der Waals surface area contributed by atoms with E-state index >= 15 is 0 Å². The van der Waals surface area contributed by atoms with Crippen LogP contribution in [0.1, 0.15) is 17.2 Å². The second-order valence-corrected chi connectivity index (χ2v) is 7.41. The summed E-state index contributed by atoms with van der Waals surface area (Å²) in [6.45, 7) is 0.513. The van der Waals surface area contributed by atoms with E-state index in [-0.39, 0.29) is 24.5 Å². The third kappa shape index (κ3) is 4.13. The number of carbonyl (C=O) groups is 2. The number of carbonyl (C=O) groups excluding carboxylic acids is 2. The summed E-state index contributed by atoms with van der Waals surface area (Å²) >= 11 is 5.93. The molecule has 6 nitrogen and oxygen atoms in total. The van der Waals surface area contributed by atoms with Crippen LogP contribution in [0.5, 0.6) is 0 Å². The molecule has 1 fully saturated rings. The van der Waals surface area contributed by atoms with Crippen molar-refractivity contribution in [2.75, 3.05) is 39.3 Å². The highest BCUT2D eigenvalue weighted by molar-refractivity contribution is 6.46. The van der Waals surface area contributed by atoms with Crippen LogP contribution in [0.2, 0.25) is 5.02 Å². The van der Waals surface area contributed by atoms with E-state index in [0.29, 0.717) is 10.6 Å². The largest absolute Gasteiger partial charge is 0.507 e. The minimum absolute atomic E-state index is 0.0611. The first kappa shape index (κ1) is 20.9. The highest BCUT2D eigenvalue weighted by atomic mass is 35.5. The number of ketones is 1. The molecule has 1 saturated heterocycles. The van der Waals surface area contributed by atoms with Gasteiger partial charge in [0, 0.05) is 44.0 Å². The molecule has 2 aromatic rings. The number of amides is 1. The molecule has 0 radical (unpaired) electrons. The first-order valence-electron chi connectivity index (χ1n) is 9.15. The second kappa shape index (κ2) is 8.68. The molecule has 0 saturated carbocycles. The Bertz CT molecular complexity index is 936. The van der Waals surface area contributed by atoms with Crippen LogP contribution in [0.15, 0.2) is 54.1 Å². The molecule has 1 atom stereocenters. The van der Waals surface area contributed by atoms with Crippen molar-refractivity contribution in [1.82, 2.24) is 4.90 Å². The minimum Gasteiger partial charge on any atom is -0.507 e. The Balaban J connectivity index is 2.13. The number of methoxy groups -OCH3 is 1. The van der Waals surface area contributed by atoms with Crippen molar-refractivity contribution < 1.29 is 19.4 Å². The van der Waals surface area contributed by atoms with Crippen LogP contribution in [0.3, 0.4) is 0 Å². The second-order valence-electron chi connectivity index (χ2n) is 6.98. The number of anilines is 1. The molecule has 0 aliphatic carbocycles. The van der Waals surface area contributed by atoms with E-state index in [1.165, 1.54) is 12.0 Å². The number of aliphatic hydroxyl groups excluding tert-OH is 1. The molecule has 1 amide bonds. The normalized spacial score (nSPS) is 18.3. The molecule has 1 aliphatic rings. The monoisotopic (exact) mass is 414 g/mol. The highest BCUT2D eigenvalue weighted by Crippen LogP contribution is 2.39. The summed E-state index contributed by atoms with van der Waals surface area (Å²) in [6, 6.07) is 13.3. The van der Waals surface area contributed by atoms with E-state index in [9.17, 15) is 14.7 Å². The molecule has 2 aromatic carbocycles. The highest BCUT2D eigenvalue weighted by Gasteiger charge is 2.45.